The lowest BCUT2D eigenvalue weighted by Crippen LogP contribution is -2.35. The Bertz CT molecular complexity index is 153. The first kappa shape index (κ1) is 14.9. The van der Waals surface area contributed by atoms with Crippen molar-refractivity contribution in [2.75, 3.05) is 40.8 Å². The Balaban J connectivity index is 3.78. The topological polar surface area (TPSA) is 24.5 Å². The van der Waals surface area contributed by atoms with Gasteiger partial charge >= 0.3 is 0 Å². The maximum Gasteiger partial charge on any atom is 0.0662 e. The molecule has 0 aromatic heterocycles. The normalized spacial score (nSPS) is 15.6. The Morgan fingerprint density at radius 2 is 1.93 bits per heavy atom. The van der Waals surface area contributed by atoms with Gasteiger partial charge in [-0.15, -0.1) is 0 Å². The van der Waals surface area contributed by atoms with E-state index in [1.807, 2.05) is 14.2 Å². The minimum atomic E-state index is 0.0582. The standard InChI is InChI=1S/C12H28N2O/c1-6-7-12(2,15-5)8-10-14(4)11-9-13-3/h13H,6-11H2,1-5H3. The predicted molar refractivity (Wildman–Crippen MR) is 66.4 cm³/mol. The fourth-order valence-corrected chi connectivity index (χ4v) is 1.70. The Morgan fingerprint density at radius 3 is 2.40 bits per heavy atom. The van der Waals surface area contributed by atoms with E-state index in [0.717, 1.165) is 32.5 Å². The molecule has 0 fully saturated rings. The summed E-state index contributed by atoms with van der Waals surface area (Å²) >= 11 is 0. The monoisotopic (exact) mass is 216 g/mol. The molecule has 3 heteroatoms. The number of ether oxygens (including phenoxy) is 1. The van der Waals surface area contributed by atoms with Gasteiger partial charge in [0.15, 0.2) is 0 Å². The molecule has 1 atom stereocenters. The fraction of sp³-hybridized carbons (Fsp3) is 1.00. The van der Waals surface area contributed by atoms with E-state index in [2.05, 4.69) is 31.1 Å². The number of hydrogen-bond acceptors (Lipinski definition) is 3. The number of methoxy groups -OCH3 is 1. The van der Waals surface area contributed by atoms with E-state index < -0.39 is 0 Å². The van der Waals surface area contributed by atoms with E-state index in [1.54, 1.807) is 0 Å². The molecule has 0 aliphatic heterocycles. The van der Waals surface area contributed by atoms with E-state index in [0.29, 0.717) is 0 Å². The largest absolute Gasteiger partial charge is 0.378 e. The van der Waals surface area contributed by atoms with Gasteiger partial charge in [0.1, 0.15) is 0 Å². The van der Waals surface area contributed by atoms with Crippen LogP contribution in [0.25, 0.3) is 0 Å². The van der Waals surface area contributed by atoms with E-state index in [9.17, 15) is 0 Å². The zero-order valence-electron chi connectivity index (χ0n) is 11.1. The van der Waals surface area contributed by atoms with Crippen LogP contribution in [0.15, 0.2) is 0 Å². The molecule has 0 bridgehead atoms. The summed E-state index contributed by atoms with van der Waals surface area (Å²) in [5, 5.41) is 3.16. The Kier molecular flexibility index (Phi) is 8.02. The molecule has 0 saturated carbocycles. The highest BCUT2D eigenvalue weighted by atomic mass is 16.5. The summed E-state index contributed by atoms with van der Waals surface area (Å²) in [6.07, 6.45) is 3.44. The molecule has 1 unspecified atom stereocenters. The molecule has 15 heavy (non-hydrogen) atoms. The van der Waals surface area contributed by atoms with Crippen LogP contribution in [-0.2, 0) is 4.74 Å². The number of hydrogen-bond donors (Lipinski definition) is 1. The van der Waals surface area contributed by atoms with Crippen LogP contribution in [0, 0.1) is 0 Å². The summed E-state index contributed by atoms with van der Waals surface area (Å²) in [6.45, 7) is 7.67. The number of rotatable bonds is 9. The molecule has 92 valence electrons. The highest BCUT2D eigenvalue weighted by Crippen LogP contribution is 2.20. The summed E-state index contributed by atoms with van der Waals surface area (Å²) < 4.78 is 5.59. The molecule has 0 amide bonds. The summed E-state index contributed by atoms with van der Waals surface area (Å²) in [4.78, 5) is 2.35. The minimum absolute atomic E-state index is 0.0582. The van der Waals surface area contributed by atoms with Gasteiger partial charge in [-0.2, -0.15) is 0 Å². The lowest BCUT2D eigenvalue weighted by Gasteiger charge is -2.30. The van der Waals surface area contributed by atoms with Crippen LogP contribution in [-0.4, -0.2) is 51.3 Å². The van der Waals surface area contributed by atoms with Gasteiger partial charge in [-0.25, -0.2) is 0 Å². The molecule has 1 N–H and O–H groups in total. The molecule has 0 aliphatic carbocycles. The molecule has 0 aromatic carbocycles. The second-order valence-corrected chi connectivity index (χ2v) is 4.56. The van der Waals surface area contributed by atoms with Crippen molar-refractivity contribution in [1.29, 1.82) is 0 Å². The lowest BCUT2D eigenvalue weighted by molar-refractivity contribution is -0.0141. The second-order valence-electron chi connectivity index (χ2n) is 4.56. The van der Waals surface area contributed by atoms with Gasteiger partial charge < -0.3 is 15.0 Å². The lowest BCUT2D eigenvalue weighted by atomic mass is 9.96. The highest BCUT2D eigenvalue weighted by molar-refractivity contribution is 4.75. The van der Waals surface area contributed by atoms with Gasteiger partial charge in [-0.05, 0) is 33.9 Å². The third kappa shape index (κ3) is 6.88. The highest BCUT2D eigenvalue weighted by Gasteiger charge is 2.22. The van der Waals surface area contributed by atoms with Gasteiger partial charge in [0, 0.05) is 26.7 Å². The Morgan fingerprint density at radius 1 is 1.27 bits per heavy atom. The Hall–Kier alpha value is -0.120. The zero-order chi connectivity index (χ0) is 11.7. The van der Waals surface area contributed by atoms with Gasteiger partial charge in [-0.1, -0.05) is 13.3 Å². The van der Waals surface area contributed by atoms with E-state index in [1.165, 1.54) is 6.42 Å². The maximum absolute atomic E-state index is 5.59. The number of nitrogens with one attached hydrogen (secondary N) is 1. The van der Waals surface area contributed by atoms with Crippen molar-refractivity contribution >= 4 is 0 Å². The molecule has 3 nitrogen and oxygen atoms in total. The van der Waals surface area contributed by atoms with Gasteiger partial charge in [0.25, 0.3) is 0 Å². The van der Waals surface area contributed by atoms with Gasteiger partial charge in [-0.3, -0.25) is 0 Å². The average molecular weight is 216 g/mol. The summed E-state index contributed by atoms with van der Waals surface area (Å²) in [5.74, 6) is 0. The van der Waals surface area contributed by atoms with Crippen molar-refractivity contribution in [3.05, 3.63) is 0 Å². The van der Waals surface area contributed by atoms with Crippen LogP contribution in [0.4, 0.5) is 0 Å². The molecule has 0 spiro atoms. The maximum atomic E-state index is 5.59. The molecule has 0 heterocycles. The first-order chi connectivity index (χ1) is 7.08. The van der Waals surface area contributed by atoms with Crippen LogP contribution < -0.4 is 5.32 Å². The predicted octanol–water partition coefficient (Wildman–Crippen LogP) is 1.73. The molecule has 0 aromatic rings. The second kappa shape index (κ2) is 8.08. The van der Waals surface area contributed by atoms with E-state index >= 15 is 0 Å². The van der Waals surface area contributed by atoms with Crippen molar-refractivity contribution in [3.8, 4) is 0 Å². The quantitative estimate of drug-likeness (QED) is 0.635. The molecular weight excluding hydrogens is 188 g/mol. The molecule has 0 aliphatic rings. The smallest absolute Gasteiger partial charge is 0.0662 e. The first-order valence-corrected chi connectivity index (χ1v) is 5.96. The number of nitrogens with zero attached hydrogens (tertiary/aromatic N) is 1. The Labute approximate surface area is 95.2 Å². The minimum Gasteiger partial charge on any atom is -0.378 e. The van der Waals surface area contributed by atoms with Crippen molar-refractivity contribution in [1.82, 2.24) is 10.2 Å². The molecular formula is C12H28N2O. The van der Waals surface area contributed by atoms with E-state index in [4.69, 9.17) is 4.74 Å². The third-order valence-corrected chi connectivity index (χ3v) is 3.04. The van der Waals surface area contributed by atoms with Crippen LogP contribution in [0.5, 0.6) is 0 Å². The molecule has 0 rings (SSSR count). The van der Waals surface area contributed by atoms with E-state index in [-0.39, 0.29) is 5.60 Å². The van der Waals surface area contributed by atoms with Crippen molar-refractivity contribution in [2.45, 2.75) is 38.7 Å². The summed E-state index contributed by atoms with van der Waals surface area (Å²) in [5.41, 5.74) is 0.0582. The van der Waals surface area contributed by atoms with Crippen LogP contribution >= 0.6 is 0 Å². The number of likely N-dealkylation sites (N-methyl/N-ethyl adjacent to an activating group) is 2. The summed E-state index contributed by atoms with van der Waals surface area (Å²) in [6, 6.07) is 0. The summed E-state index contributed by atoms with van der Waals surface area (Å²) in [7, 11) is 5.98. The van der Waals surface area contributed by atoms with Crippen molar-refractivity contribution < 1.29 is 4.74 Å². The van der Waals surface area contributed by atoms with Crippen molar-refractivity contribution in [2.24, 2.45) is 0 Å². The molecule has 0 radical (unpaired) electrons. The van der Waals surface area contributed by atoms with Crippen LogP contribution in [0.2, 0.25) is 0 Å². The van der Waals surface area contributed by atoms with Crippen LogP contribution in [0.3, 0.4) is 0 Å². The van der Waals surface area contributed by atoms with Crippen molar-refractivity contribution in [3.63, 3.8) is 0 Å². The fourth-order valence-electron chi connectivity index (χ4n) is 1.70. The average Bonchev–Trinajstić information content (AvgIpc) is 2.24. The SMILES string of the molecule is CCCC(C)(CCN(C)CCNC)OC. The van der Waals surface area contributed by atoms with Crippen LogP contribution in [0.1, 0.15) is 33.1 Å². The first-order valence-electron chi connectivity index (χ1n) is 5.96. The van der Waals surface area contributed by atoms with Gasteiger partial charge in [0.05, 0.1) is 5.60 Å². The molecule has 0 saturated heterocycles. The van der Waals surface area contributed by atoms with Gasteiger partial charge in [0.2, 0.25) is 0 Å². The zero-order valence-corrected chi connectivity index (χ0v) is 11.1. The third-order valence-electron chi connectivity index (χ3n) is 3.04.